The van der Waals surface area contributed by atoms with Crippen molar-refractivity contribution >= 4 is 26.8 Å². The third-order valence-corrected chi connectivity index (χ3v) is 2.91. The van der Waals surface area contributed by atoms with E-state index in [1.54, 1.807) is 0 Å². The number of rotatable bonds is 2. The average molecular weight is 253 g/mol. The summed E-state index contributed by atoms with van der Waals surface area (Å²) in [6.45, 7) is 3.69. The number of halogens is 1. The highest BCUT2D eigenvalue weighted by Gasteiger charge is 2.04. The highest BCUT2D eigenvalue weighted by molar-refractivity contribution is 9.10. The van der Waals surface area contributed by atoms with Crippen LogP contribution in [-0.2, 0) is 6.54 Å². The van der Waals surface area contributed by atoms with Gasteiger partial charge in [-0.25, -0.2) is 0 Å². The van der Waals surface area contributed by atoms with Crippen molar-refractivity contribution in [1.82, 2.24) is 4.57 Å². The number of aryl methyl sites for hydroxylation is 1. The van der Waals surface area contributed by atoms with Crippen LogP contribution in [0.1, 0.15) is 5.56 Å². The number of aromatic nitrogens is 1. The fourth-order valence-electron chi connectivity index (χ4n) is 1.77. The van der Waals surface area contributed by atoms with Crippen molar-refractivity contribution in [2.24, 2.45) is 5.73 Å². The molecule has 0 unspecified atom stereocenters. The van der Waals surface area contributed by atoms with Gasteiger partial charge in [-0.2, -0.15) is 0 Å². The first-order valence-corrected chi connectivity index (χ1v) is 5.46. The van der Waals surface area contributed by atoms with Gasteiger partial charge in [-0.05, 0) is 30.7 Å². The Labute approximate surface area is 91.8 Å². The molecule has 0 spiro atoms. The van der Waals surface area contributed by atoms with E-state index in [1.165, 1.54) is 16.5 Å². The molecule has 3 heteroatoms. The second-order valence-corrected chi connectivity index (χ2v) is 4.37. The first-order valence-electron chi connectivity index (χ1n) is 4.67. The Morgan fingerprint density at radius 2 is 2.21 bits per heavy atom. The molecule has 1 heterocycles. The third kappa shape index (κ3) is 1.57. The third-order valence-electron chi connectivity index (χ3n) is 2.41. The predicted octanol–water partition coefficient (Wildman–Crippen LogP) is 2.67. The minimum Gasteiger partial charge on any atom is -0.346 e. The van der Waals surface area contributed by atoms with Gasteiger partial charge < -0.3 is 10.3 Å². The lowest BCUT2D eigenvalue weighted by Crippen LogP contribution is -2.08. The zero-order chi connectivity index (χ0) is 10.1. The van der Waals surface area contributed by atoms with Crippen LogP contribution in [0.4, 0.5) is 0 Å². The van der Waals surface area contributed by atoms with Gasteiger partial charge in [-0.3, -0.25) is 0 Å². The van der Waals surface area contributed by atoms with Crippen molar-refractivity contribution in [3.05, 3.63) is 34.4 Å². The van der Waals surface area contributed by atoms with Gasteiger partial charge in [0.25, 0.3) is 0 Å². The Morgan fingerprint density at radius 3 is 2.93 bits per heavy atom. The van der Waals surface area contributed by atoms with Gasteiger partial charge >= 0.3 is 0 Å². The molecule has 0 saturated heterocycles. The quantitative estimate of drug-likeness (QED) is 0.876. The molecule has 0 atom stereocenters. The summed E-state index contributed by atoms with van der Waals surface area (Å²) in [4.78, 5) is 0. The van der Waals surface area contributed by atoms with Gasteiger partial charge in [0.1, 0.15) is 0 Å². The SMILES string of the molecule is Cc1cn(CCN)c2ccc(Br)cc12. The molecular formula is C11H13BrN2. The van der Waals surface area contributed by atoms with E-state index in [0.717, 1.165) is 11.0 Å². The van der Waals surface area contributed by atoms with E-state index in [-0.39, 0.29) is 0 Å². The van der Waals surface area contributed by atoms with Crippen molar-refractivity contribution in [3.8, 4) is 0 Å². The Bertz CT molecular complexity index is 460. The number of fused-ring (bicyclic) bond motifs is 1. The van der Waals surface area contributed by atoms with Crippen LogP contribution in [0.3, 0.4) is 0 Å². The summed E-state index contributed by atoms with van der Waals surface area (Å²) in [6, 6.07) is 6.34. The lowest BCUT2D eigenvalue weighted by Gasteiger charge is -2.02. The largest absolute Gasteiger partial charge is 0.346 e. The Kier molecular flexibility index (Phi) is 2.61. The molecule has 0 amide bonds. The molecule has 2 N–H and O–H groups in total. The van der Waals surface area contributed by atoms with E-state index in [0.29, 0.717) is 6.54 Å². The molecule has 0 radical (unpaired) electrons. The molecule has 2 nitrogen and oxygen atoms in total. The van der Waals surface area contributed by atoms with E-state index in [9.17, 15) is 0 Å². The van der Waals surface area contributed by atoms with Crippen LogP contribution in [-0.4, -0.2) is 11.1 Å². The molecule has 0 fully saturated rings. The minimum atomic E-state index is 0.680. The molecule has 0 aliphatic rings. The summed E-state index contributed by atoms with van der Waals surface area (Å²) in [5, 5.41) is 1.30. The molecule has 14 heavy (non-hydrogen) atoms. The van der Waals surface area contributed by atoms with Gasteiger partial charge in [-0.1, -0.05) is 15.9 Å². The van der Waals surface area contributed by atoms with E-state index in [1.807, 2.05) is 0 Å². The molecule has 2 aromatic rings. The number of hydrogen-bond acceptors (Lipinski definition) is 1. The first kappa shape index (κ1) is 9.74. The van der Waals surface area contributed by atoms with E-state index in [2.05, 4.69) is 51.8 Å². The van der Waals surface area contributed by atoms with Gasteiger partial charge in [0, 0.05) is 34.7 Å². The zero-order valence-electron chi connectivity index (χ0n) is 8.13. The first-order chi connectivity index (χ1) is 6.72. The lowest BCUT2D eigenvalue weighted by molar-refractivity contribution is 0.734. The van der Waals surface area contributed by atoms with E-state index in [4.69, 9.17) is 5.73 Å². The summed E-state index contributed by atoms with van der Waals surface area (Å²) in [5.74, 6) is 0. The Balaban J connectivity index is 2.65. The zero-order valence-corrected chi connectivity index (χ0v) is 9.71. The van der Waals surface area contributed by atoms with Gasteiger partial charge in [0.05, 0.1) is 0 Å². The van der Waals surface area contributed by atoms with Crippen LogP contribution in [0.2, 0.25) is 0 Å². The summed E-state index contributed by atoms with van der Waals surface area (Å²) < 4.78 is 3.33. The van der Waals surface area contributed by atoms with Crippen molar-refractivity contribution in [2.75, 3.05) is 6.54 Å². The Morgan fingerprint density at radius 1 is 1.43 bits per heavy atom. The summed E-state index contributed by atoms with van der Waals surface area (Å²) >= 11 is 3.48. The predicted molar refractivity (Wildman–Crippen MR) is 63.4 cm³/mol. The average Bonchev–Trinajstić information content (AvgIpc) is 2.44. The number of hydrogen-bond donors (Lipinski definition) is 1. The van der Waals surface area contributed by atoms with Crippen LogP contribution in [0.25, 0.3) is 10.9 Å². The van der Waals surface area contributed by atoms with Crippen LogP contribution in [0, 0.1) is 6.92 Å². The monoisotopic (exact) mass is 252 g/mol. The number of benzene rings is 1. The van der Waals surface area contributed by atoms with Gasteiger partial charge in [0.15, 0.2) is 0 Å². The normalized spacial score (nSPS) is 11.1. The molecule has 0 saturated carbocycles. The van der Waals surface area contributed by atoms with Crippen molar-refractivity contribution in [1.29, 1.82) is 0 Å². The van der Waals surface area contributed by atoms with Gasteiger partial charge in [-0.15, -0.1) is 0 Å². The summed E-state index contributed by atoms with van der Waals surface area (Å²) in [7, 11) is 0. The maximum absolute atomic E-state index is 5.56. The second kappa shape index (κ2) is 3.75. The number of nitrogens with zero attached hydrogens (tertiary/aromatic N) is 1. The van der Waals surface area contributed by atoms with E-state index < -0.39 is 0 Å². The maximum atomic E-state index is 5.56. The summed E-state index contributed by atoms with van der Waals surface area (Å²) in [5.41, 5.74) is 8.12. The standard InChI is InChI=1S/C11H13BrN2/c1-8-7-14(5-4-13)11-3-2-9(12)6-10(8)11/h2-3,6-7H,4-5,13H2,1H3. The molecule has 0 bridgehead atoms. The van der Waals surface area contributed by atoms with Crippen molar-refractivity contribution < 1.29 is 0 Å². The van der Waals surface area contributed by atoms with Crippen molar-refractivity contribution in [2.45, 2.75) is 13.5 Å². The molecule has 74 valence electrons. The maximum Gasteiger partial charge on any atom is 0.0484 e. The smallest absolute Gasteiger partial charge is 0.0484 e. The molecule has 2 rings (SSSR count). The second-order valence-electron chi connectivity index (χ2n) is 3.46. The topological polar surface area (TPSA) is 30.9 Å². The lowest BCUT2D eigenvalue weighted by atomic mass is 10.2. The molecule has 0 aliphatic heterocycles. The minimum absolute atomic E-state index is 0.680. The van der Waals surface area contributed by atoms with Crippen LogP contribution < -0.4 is 5.73 Å². The Hall–Kier alpha value is -0.800. The van der Waals surface area contributed by atoms with Crippen molar-refractivity contribution in [3.63, 3.8) is 0 Å². The highest BCUT2D eigenvalue weighted by Crippen LogP contribution is 2.24. The van der Waals surface area contributed by atoms with Crippen LogP contribution in [0.15, 0.2) is 28.9 Å². The highest BCUT2D eigenvalue weighted by atomic mass is 79.9. The summed E-state index contributed by atoms with van der Waals surface area (Å²) in [6.07, 6.45) is 2.16. The number of nitrogens with two attached hydrogens (primary N) is 1. The van der Waals surface area contributed by atoms with Crippen LogP contribution in [0.5, 0.6) is 0 Å². The van der Waals surface area contributed by atoms with E-state index >= 15 is 0 Å². The fourth-order valence-corrected chi connectivity index (χ4v) is 2.13. The fraction of sp³-hybridized carbons (Fsp3) is 0.273. The van der Waals surface area contributed by atoms with Gasteiger partial charge in [0.2, 0.25) is 0 Å². The molecule has 1 aromatic carbocycles. The molecule has 0 aliphatic carbocycles. The van der Waals surface area contributed by atoms with Crippen LogP contribution >= 0.6 is 15.9 Å². The molecule has 1 aromatic heterocycles. The molecular weight excluding hydrogens is 240 g/mol.